The number of ether oxygens (including phenoxy) is 7. The van der Waals surface area contributed by atoms with E-state index >= 15 is 0 Å². The van der Waals surface area contributed by atoms with Gasteiger partial charge in [0.15, 0.2) is 6.10 Å². The predicted octanol–water partition coefficient (Wildman–Crippen LogP) is 0.533. The van der Waals surface area contributed by atoms with Crippen LogP contribution in [-0.4, -0.2) is 93.8 Å². The highest BCUT2D eigenvalue weighted by molar-refractivity contribution is 7.90. The second-order valence-corrected chi connectivity index (χ2v) is 10.9. The molecule has 0 aliphatic heterocycles. The molecule has 0 saturated carbocycles. The van der Waals surface area contributed by atoms with E-state index in [4.69, 9.17) is 28.4 Å². The number of hydrogen-bond donors (Lipinski definition) is 1. The van der Waals surface area contributed by atoms with Crippen LogP contribution in [0, 0.1) is 10.1 Å². The number of hydrogen-bond acceptors (Lipinski definition) is 16. The molecule has 1 N–H and O–H groups in total. The number of alkyl carbamates (subject to hydrolysis) is 1. The number of nitrogens with zero attached hydrogens (tertiary/aromatic N) is 1. The molecule has 0 heterocycles. The number of esters is 4. The van der Waals surface area contributed by atoms with Gasteiger partial charge < -0.3 is 38.5 Å². The van der Waals surface area contributed by atoms with Crippen molar-refractivity contribution in [2.45, 2.75) is 59.1 Å². The minimum Gasteiger partial charge on any atom is -0.467 e. The fraction of sp³-hybridized carbons (Fsp3) is 0.542. The molecule has 0 spiro atoms. The lowest BCUT2D eigenvalue weighted by atomic mass is 10.2. The standard InChI is InChI=1S/C24H32N2O16S/c1-13(38-14(2)27)20(21(30)36-5)42-23(22(39-15(3)28)40-16(4)29)41-19-8-7-17(11-18(19)26(32)33)12-37-24(31)25-9-10-43(6,34)35/h7-8,11,13,20,22-23H,9-10,12H2,1-6H3,(H,25,31)/t13-,20?,23?/m0/s1. The summed E-state index contributed by atoms with van der Waals surface area (Å²) in [6, 6.07) is 3.26. The third-order valence-corrected chi connectivity index (χ3v) is 5.80. The first-order valence-electron chi connectivity index (χ1n) is 12.2. The third kappa shape index (κ3) is 13.8. The molecule has 240 valence electrons. The van der Waals surface area contributed by atoms with Crippen LogP contribution in [-0.2, 0) is 64.0 Å². The van der Waals surface area contributed by atoms with Crippen LogP contribution in [0.2, 0.25) is 0 Å². The molecule has 18 nitrogen and oxygen atoms in total. The maximum Gasteiger partial charge on any atom is 0.407 e. The van der Waals surface area contributed by atoms with E-state index in [9.17, 15) is 42.5 Å². The Balaban J connectivity index is 3.37. The molecule has 1 aromatic rings. The van der Waals surface area contributed by atoms with Gasteiger partial charge in [0.1, 0.15) is 22.5 Å². The summed E-state index contributed by atoms with van der Waals surface area (Å²) in [7, 11) is -2.34. The lowest BCUT2D eigenvalue weighted by Crippen LogP contribution is -2.48. The Bertz CT molecular complexity index is 1280. The average Bonchev–Trinajstić information content (AvgIpc) is 2.87. The van der Waals surface area contributed by atoms with E-state index in [1.165, 1.54) is 13.0 Å². The molecular weight excluding hydrogens is 604 g/mol. The van der Waals surface area contributed by atoms with Gasteiger partial charge in [0, 0.05) is 39.6 Å². The first-order valence-corrected chi connectivity index (χ1v) is 14.3. The number of amides is 1. The number of methoxy groups -OCH3 is 1. The third-order valence-electron chi connectivity index (χ3n) is 4.85. The topological polar surface area (TPSA) is 239 Å². The van der Waals surface area contributed by atoms with Gasteiger partial charge in [-0.1, -0.05) is 6.07 Å². The Morgan fingerprint density at radius 2 is 1.56 bits per heavy atom. The highest BCUT2D eigenvalue weighted by Gasteiger charge is 2.40. The Labute approximate surface area is 245 Å². The number of carbonyl (C=O) groups excluding carboxylic acids is 5. The van der Waals surface area contributed by atoms with Gasteiger partial charge in [0.25, 0.3) is 6.29 Å². The molecule has 0 saturated heterocycles. The van der Waals surface area contributed by atoms with Crippen molar-refractivity contribution < 1.29 is 70.5 Å². The Hall–Kier alpha value is -4.52. The molecule has 2 unspecified atom stereocenters. The first-order chi connectivity index (χ1) is 19.9. The van der Waals surface area contributed by atoms with Crippen LogP contribution in [0.15, 0.2) is 18.2 Å². The number of nitro benzene ring substituents is 1. The van der Waals surface area contributed by atoms with E-state index < -0.39 is 87.6 Å². The van der Waals surface area contributed by atoms with Crippen molar-refractivity contribution >= 4 is 45.5 Å². The minimum absolute atomic E-state index is 0.0993. The van der Waals surface area contributed by atoms with E-state index in [0.717, 1.165) is 46.3 Å². The lowest BCUT2D eigenvalue weighted by molar-refractivity contribution is -0.387. The summed E-state index contributed by atoms with van der Waals surface area (Å²) >= 11 is 0. The van der Waals surface area contributed by atoms with Crippen molar-refractivity contribution in [3.63, 3.8) is 0 Å². The van der Waals surface area contributed by atoms with Crippen molar-refractivity contribution in [1.29, 1.82) is 0 Å². The summed E-state index contributed by atoms with van der Waals surface area (Å²) in [6.07, 6.45) is -7.18. The molecule has 1 amide bonds. The van der Waals surface area contributed by atoms with Crippen LogP contribution >= 0.6 is 0 Å². The zero-order valence-electron chi connectivity index (χ0n) is 24.1. The van der Waals surface area contributed by atoms with Gasteiger partial charge in [-0.15, -0.1) is 0 Å². The monoisotopic (exact) mass is 636 g/mol. The number of sulfone groups is 1. The Morgan fingerprint density at radius 1 is 0.977 bits per heavy atom. The summed E-state index contributed by atoms with van der Waals surface area (Å²) in [6.45, 7) is 3.50. The van der Waals surface area contributed by atoms with E-state index in [0.29, 0.717) is 0 Å². The van der Waals surface area contributed by atoms with E-state index in [1.54, 1.807) is 0 Å². The van der Waals surface area contributed by atoms with E-state index in [-0.39, 0.29) is 17.9 Å². The predicted molar refractivity (Wildman–Crippen MR) is 141 cm³/mol. The van der Waals surface area contributed by atoms with Gasteiger partial charge in [0.05, 0.1) is 17.8 Å². The molecule has 3 atom stereocenters. The van der Waals surface area contributed by atoms with E-state index in [1.807, 2.05) is 0 Å². The molecule has 43 heavy (non-hydrogen) atoms. The summed E-state index contributed by atoms with van der Waals surface area (Å²) in [5.41, 5.74) is -0.624. The molecule has 0 bridgehead atoms. The zero-order chi connectivity index (χ0) is 32.9. The van der Waals surface area contributed by atoms with Gasteiger partial charge in [-0.2, -0.15) is 0 Å². The van der Waals surface area contributed by atoms with Crippen LogP contribution in [0.3, 0.4) is 0 Å². The van der Waals surface area contributed by atoms with Crippen molar-refractivity contribution in [2.24, 2.45) is 0 Å². The molecule has 0 radical (unpaired) electrons. The second-order valence-electron chi connectivity index (χ2n) is 8.66. The molecule has 1 aromatic carbocycles. The first kappa shape index (κ1) is 36.5. The van der Waals surface area contributed by atoms with Crippen LogP contribution in [0.1, 0.15) is 33.3 Å². The van der Waals surface area contributed by atoms with Crippen LogP contribution in [0.25, 0.3) is 0 Å². The molecule has 0 aliphatic rings. The number of nitro groups is 1. The summed E-state index contributed by atoms with van der Waals surface area (Å²) in [5, 5.41) is 14.1. The quantitative estimate of drug-likeness (QED) is 0.0855. The second kappa shape index (κ2) is 16.8. The molecule has 0 aromatic heterocycles. The molecule has 19 heteroatoms. The number of rotatable bonds is 16. The fourth-order valence-corrected chi connectivity index (χ4v) is 3.58. The minimum atomic E-state index is -3.33. The molecule has 1 rings (SSSR count). The molecule has 0 aliphatic carbocycles. The van der Waals surface area contributed by atoms with Gasteiger partial charge in [-0.05, 0) is 18.6 Å². The maximum absolute atomic E-state index is 12.5. The van der Waals surface area contributed by atoms with Crippen molar-refractivity contribution in [3.8, 4) is 5.75 Å². The highest BCUT2D eigenvalue weighted by atomic mass is 32.2. The van der Waals surface area contributed by atoms with Crippen molar-refractivity contribution in [1.82, 2.24) is 5.32 Å². The van der Waals surface area contributed by atoms with Crippen molar-refractivity contribution in [3.05, 3.63) is 33.9 Å². The number of carbonyl (C=O) groups is 5. The van der Waals surface area contributed by atoms with Crippen LogP contribution < -0.4 is 10.1 Å². The Kier molecular flexibility index (Phi) is 14.3. The van der Waals surface area contributed by atoms with Gasteiger partial charge in [0.2, 0.25) is 5.75 Å². The van der Waals surface area contributed by atoms with Crippen molar-refractivity contribution in [2.75, 3.05) is 25.7 Å². The average molecular weight is 637 g/mol. The smallest absolute Gasteiger partial charge is 0.407 e. The fourth-order valence-electron chi connectivity index (χ4n) is 3.11. The normalized spacial score (nSPS) is 13.1. The highest BCUT2D eigenvalue weighted by Crippen LogP contribution is 2.31. The van der Waals surface area contributed by atoms with Gasteiger partial charge in [-0.25, -0.2) is 18.0 Å². The summed E-state index contributed by atoms with van der Waals surface area (Å²) in [4.78, 5) is 70.2. The van der Waals surface area contributed by atoms with E-state index in [2.05, 4.69) is 10.1 Å². The molecule has 0 fully saturated rings. The van der Waals surface area contributed by atoms with Gasteiger partial charge >= 0.3 is 41.9 Å². The van der Waals surface area contributed by atoms with Crippen LogP contribution in [0.5, 0.6) is 5.75 Å². The summed E-state index contributed by atoms with van der Waals surface area (Å²) < 4.78 is 57.9. The summed E-state index contributed by atoms with van der Waals surface area (Å²) in [5.74, 6) is -4.77. The molecular formula is C24H32N2O16S. The van der Waals surface area contributed by atoms with Crippen LogP contribution in [0.4, 0.5) is 10.5 Å². The largest absolute Gasteiger partial charge is 0.467 e. The number of benzene rings is 1. The SMILES string of the molecule is COC(=O)C(OC(Oc1ccc(COC(=O)NCCS(C)(=O)=O)cc1[N+](=O)[O-])C(OC(C)=O)OC(C)=O)[C@H](C)OC(C)=O. The lowest BCUT2D eigenvalue weighted by Gasteiger charge is -2.30. The number of nitrogens with one attached hydrogen (secondary N) is 1. The Morgan fingerprint density at radius 3 is 2.05 bits per heavy atom. The zero-order valence-corrected chi connectivity index (χ0v) is 24.9. The maximum atomic E-state index is 12.5. The van der Waals surface area contributed by atoms with Gasteiger partial charge in [-0.3, -0.25) is 24.5 Å².